The van der Waals surface area contributed by atoms with Gasteiger partial charge in [-0.1, -0.05) is 6.92 Å². The summed E-state index contributed by atoms with van der Waals surface area (Å²) in [7, 11) is -4.08. The molecule has 9 heteroatoms. The number of hydrogen-bond acceptors (Lipinski definition) is 4. The Bertz CT molecular complexity index is 580. The smallest absolute Gasteiger partial charge is 0.310 e. The van der Waals surface area contributed by atoms with Gasteiger partial charge in [0.05, 0.1) is 0 Å². The monoisotopic (exact) mass is 342 g/mol. The zero-order valence-electron chi connectivity index (χ0n) is 11.5. The first-order valence-electron chi connectivity index (χ1n) is 6.60. The maximum atomic E-state index is 12.4. The number of nitrogens with zero attached hydrogens (tertiary/aromatic N) is 1. The molecule has 1 heterocycles. The molecule has 1 aromatic heterocycles. The highest BCUT2D eigenvalue weighted by Crippen LogP contribution is 2.27. The Morgan fingerprint density at radius 1 is 1.43 bits per heavy atom. The molecule has 0 bridgehead atoms. The average molecular weight is 342 g/mol. The molecule has 0 aliphatic heterocycles. The van der Waals surface area contributed by atoms with Crippen molar-refractivity contribution in [2.75, 3.05) is 13.1 Å². The minimum Gasteiger partial charge on any atom is -0.310 e. The van der Waals surface area contributed by atoms with Crippen molar-refractivity contribution in [3.63, 3.8) is 0 Å². The van der Waals surface area contributed by atoms with E-state index >= 15 is 0 Å². The summed E-state index contributed by atoms with van der Waals surface area (Å²) in [6, 6.07) is 1.94. The molecule has 1 fully saturated rings. The van der Waals surface area contributed by atoms with Crippen LogP contribution in [-0.2, 0) is 16.6 Å². The molecule has 0 atom stereocenters. The molecule has 0 spiro atoms. The van der Waals surface area contributed by atoms with E-state index in [9.17, 15) is 21.6 Å². The standard InChI is InChI=1S/C12H17F3N2O2S2/c1-2-17(8-12(13,14)15)21(18,19)11-5-9(7-20-11)6-16-10-3-4-10/h5,7,10,16H,2-4,6,8H2,1H3. The van der Waals surface area contributed by atoms with Gasteiger partial charge >= 0.3 is 6.18 Å². The van der Waals surface area contributed by atoms with Crippen molar-refractivity contribution in [3.05, 3.63) is 17.0 Å². The topological polar surface area (TPSA) is 49.4 Å². The molecule has 0 radical (unpaired) electrons. The maximum Gasteiger partial charge on any atom is 0.402 e. The second-order valence-electron chi connectivity index (χ2n) is 4.98. The number of hydrogen-bond donors (Lipinski definition) is 1. The highest BCUT2D eigenvalue weighted by Gasteiger charge is 2.36. The van der Waals surface area contributed by atoms with Crippen LogP contribution in [0, 0.1) is 0 Å². The summed E-state index contributed by atoms with van der Waals surface area (Å²) in [5.41, 5.74) is 0.786. The second kappa shape index (κ2) is 6.23. The van der Waals surface area contributed by atoms with E-state index in [0.29, 0.717) is 16.9 Å². The van der Waals surface area contributed by atoms with Gasteiger partial charge in [-0.15, -0.1) is 11.3 Å². The fourth-order valence-corrected chi connectivity index (χ4v) is 4.62. The predicted octanol–water partition coefficient (Wildman–Crippen LogP) is 2.57. The van der Waals surface area contributed by atoms with Crippen LogP contribution >= 0.6 is 11.3 Å². The third-order valence-corrected chi connectivity index (χ3v) is 6.49. The van der Waals surface area contributed by atoms with Gasteiger partial charge in [0.15, 0.2) is 0 Å². The van der Waals surface area contributed by atoms with Crippen LogP contribution in [0.3, 0.4) is 0 Å². The molecule has 0 saturated heterocycles. The lowest BCUT2D eigenvalue weighted by Crippen LogP contribution is -2.38. The fourth-order valence-electron chi connectivity index (χ4n) is 1.82. The van der Waals surface area contributed by atoms with Gasteiger partial charge in [0.2, 0.25) is 0 Å². The normalized spacial score (nSPS) is 16.6. The van der Waals surface area contributed by atoms with Gasteiger partial charge in [0, 0.05) is 19.1 Å². The van der Waals surface area contributed by atoms with E-state index in [1.54, 1.807) is 5.38 Å². The molecule has 1 saturated carbocycles. The van der Waals surface area contributed by atoms with Gasteiger partial charge in [-0.3, -0.25) is 0 Å². The summed E-state index contributed by atoms with van der Waals surface area (Å²) in [6.45, 7) is 0.267. The summed E-state index contributed by atoms with van der Waals surface area (Å²) in [4.78, 5) is 0. The van der Waals surface area contributed by atoms with Crippen LogP contribution in [-0.4, -0.2) is 38.0 Å². The van der Waals surface area contributed by atoms with Gasteiger partial charge < -0.3 is 5.32 Å². The van der Waals surface area contributed by atoms with Crippen molar-refractivity contribution in [3.8, 4) is 0 Å². The fraction of sp³-hybridized carbons (Fsp3) is 0.667. The molecule has 0 unspecified atom stereocenters. The molecule has 0 amide bonds. The third kappa shape index (κ3) is 4.67. The molecule has 2 rings (SSSR count). The molecule has 1 aromatic rings. The Labute approximate surface area is 126 Å². The number of alkyl halides is 3. The van der Waals surface area contributed by atoms with Gasteiger partial charge in [0.1, 0.15) is 10.8 Å². The van der Waals surface area contributed by atoms with E-state index in [-0.39, 0.29) is 10.8 Å². The number of sulfonamides is 1. The molecule has 0 aromatic carbocycles. The average Bonchev–Trinajstić information content (AvgIpc) is 3.08. The second-order valence-corrected chi connectivity index (χ2v) is 8.05. The van der Waals surface area contributed by atoms with Crippen LogP contribution in [0.15, 0.2) is 15.7 Å². The van der Waals surface area contributed by atoms with Crippen molar-refractivity contribution in [1.82, 2.24) is 9.62 Å². The van der Waals surface area contributed by atoms with Gasteiger partial charge in [-0.25, -0.2) is 8.42 Å². The third-order valence-electron chi connectivity index (χ3n) is 3.10. The van der Waals surface area contributed by atoms with Gasteiger partial charge in [0.25, 0.3) is 10.0 Å². The van der Waals surface area contributed by atoms with Crippen LogP contribution < -0.4 is 5.32 Å². The lowest BCUT2D eigenvalue weighted by Gasteiger charge is -2.20. The van der Waals surface area contributed by atoms with Crippen LogP contribution in [0.4, 0.5) is 13.2 Å². The first-order valence-corrected chi connectivity index (χ1v) is 8.92. The molecule has 1 N–H and O–H groups in total. The quantitative estimate of drug-likeness (QED) is 0.829. The number of rotatable bonds is 7. The van der Waals surface area contributed by atoms with Crippen molar-refractivity contribution < 1.29 is 21.6 Å². The number of thiophene rings is 1. The number of nitrogens with one attached hydrogen (secondary N) is 1. The Balaban J connectivity index is 2.09. The zero-order chi connectivity index (χ0) is 15.7. The van der Waals surface area contributed by atoms with Crippen molar-refractivity contribution in [2.24, 2.45) is 0 Å². The van der Waals surface area contributed by atoms with Crippen molar-refractivity contribution in [1.29, 1.82) is 0 Å². The zero-order valence-corrected chi connectivity index (χ0v) is 13.1. The Morgan fingerprint density at radius 2 is 2.10 bits per heavy atom. The lowest BCUT2D eigenvalue weighted by atomic mass is 10.3. The molecule has 1 aliphatic carbocycles. The summed E-state index contributed by atoms with van der Waals surface area (Å²) in [5, 5.41) is 4.91. The summed E-state index contributed by atoms with van der Waals surface area (Å²) in [5.74, 6) is 0. The van der Waals surface area contributed by atoms with E-state index < -0.39 is 22.7 Å². The lowest BCUT2D eigenvalue weighted by molar-refractivity contribution is -0.135. The van der Waals surface area contributed by atoms with Crippen LogP contribution in [0.1, 0.15) is 25.3 Å². The molecule has 1 aliphatic rings. The van der Waals surface area contributed by atoms with Gasteiger partial charge in [-0.2, -0.15) is 17.5 Å². The molecular weight excluding hydrogens is 325 g/mol. The minimum atomic E-state index is -4.54. The molecule has 21 heavy (non-hydrogen) atoms. The predicted molar refractivity (Wildman–Crippen MR) is 74.7 cm³/mol. The summed E-state index contributed by atoms with van der Waals surface area (Å²) in [6.07, 6.45) is -2.31. The molecule has 120 valence electrons. The van der Waals surface area contributed by atoms with Crippen LogP contribution in [0.25, 0.3) is 0 Å². The minimum absolute atomic E-state index is 0.0406. The van der Waals surface area contributed by atoms with E-state index in [2.05, 4.69) is 5.32 Å². The van der Waals surface area contributed by atoms with Crippen LogP contribution in [0.2, 0.25) is 0 Å². The van der Waals surface area contributed by atoms with Gasteiger partial charge in [-0.05, 0) is 29.9 Å². The van der Waals surface area contributed by atoms with Crippen LogP contribution in [0.5, 0.6) is 0 Å². The molecule has 4 nitrogen and oxygen atoms in total. The highest BCUT2D eigenvalue weighted by molar-refractivity contribution is 7.91. The van der Waals surface area contributed by atoms with E-state index in [1.807, 2.05) is 0 Å². The Morgan fingerprint density at radius 3 is 2.62 bits per heavy atom. The Hall–Kier alpha value is -0.640. The van der Waals surface area contributed by atoms with E-state index in [0.717, 1.165) is 29.7 Å². The highest BCUT2D eigenvalue weighted by atomic mass is 32.2. The van der Waals surface area contributed by atoms with E-state index in [4.69, 9.17) is 0 Å². The first-order chi connectivity index (χ1) is 9.72. The number of halogens is 3. The maximum absolute atomic E-state index is 12.4. The summed E-state index contributed by atoms with van der Waals surface area (Å²) < 4.78 is 62.2. The van der Waals surface area contributed by atoms with E-state index in [1.165, 1.54) is 13.0 Å². The molecular formula is C12H17F3N2O2S2. The SMILES string of the molecule is CCN(CC(F)(F)F)S(=O)(=O)c1cc(CNC2CC2)cs1. The Kier molecular flexibility index (Phi) is 4.96. The largest absolute Gasteiger partial charge is 0.402 e. The van der Waals surface area contributed by atoms with Crippen molar-refractivity contribution >= 4 is 21.4 Å². The summed E-state index contributed by atoms with van der Waals surface area (Å²) >= 11 is 0.961. The van der Waals surface area contributed by atoms with Crippen molar-refractivity contribution in [2.45, 2.75) is 42.7 Å². The first kappa shape index (κ1) is 16.7.